The minimum absolute atomic E-state index is 0.151. The van der Waals surface area contributed by atoms with E-state index in [4.69, 9.17) is 0 Å². The molecule has 1 saturated heterocycles. The molecule has 2 heterocycles. The molecule has 1 fully saturated rings. The minimum atomic E-state index is -3.78. The van der Waals surface area contributed by atoms with E-state index in [0.717, 1.165) is 35.6 Å². The summed E-state index contributed by atoms with van der Waals surface area (Å²) < 4.78 is 27.9. The molecule has 31 heavy (non-hydrogen) atoms. The van der Waals surface area contributed by atoms with E-state index in [9.17, 15) is 13.2 Å². The predicted molar refractivity (Wildman–Crippen MR) is 127 cm³/mol. The van der Waals surface area contributed by atoms with Gasteiger partial charge < -0.3 is 10.2 Å². The van der Waals surface area contributed by atoms with E-state index < -0.39 is 10.0 Å². The van der Waals surface area contributed by atoms with Crippen LogP contribution in [0.15, 0.2) is 58.8 Å². The summed E-state index contributed by atoms with van der Waals surface area (Å²) >= 11 is 1.20. The Bertz CT molecular complexity index is 1200. The lowest BCUT2D eigenvalue weighted by Crippen LogP contribution is -2.21. The summed E-state index contributed by atoms with van der Waals surface area (Å²) in [6, 6.07) is 13.9. The van der Waals surface area contributed by atoms with Gasteiger partial charge in [0, 0.05) is 24.5 Å². The molecule has 1 aliphatic heterocycles. The number of nitrogens with zero attached hydrogens (tertiary/aromatic N) is 1. The Morgan fingerprint density at radius 1 is 1.00 bits per heavy atom. The number of hydrogen-bond acceptors (Lipinski definition) is 5. The Morgan fingerprint density at radius 3 is 2.42 bits per heavy atom. The van der Waals surface area contributed by atoms with Crippen LogP contribution in [0.2, 0.25) is 0 Å². The number of carbonyl (C=O) groups excluding carboxylic acids is 1. The van der Waals surface area contributed by atoms with Gasteiger partial charge in [-0.2, -0.15) is 0 Å². The predicted octanol–water partition coefficient (Wildman–Crippen LogP) is 5.02. The van der Waals surface area contributed by atoms with Crippen LogP contribution in [0.4, 0.5) is 17.1 Å². The van der Waals surface area contributed by atoms with Crippen LogP contribution in [0, 0.1) is 13.8 Å². The highest BCUT2D eigenvalue weighted by molar-refractivity contribution is 7.92. The van der Waals surface area contributed by atoms with Crippen molar-refractivity contribution in [2.24, 2.45) is 0 Å². The number of thiophene rings is 1. The molecule has 1 aliphatic rings. The van der Waals surface area contributed by atoms with Gasteiger partial charge in [-0.15, -0.1) is 11.3 Å². The average Bonchev–Trinajstić information content (AvgIpc) is 3.44. The number of rotatable bonds is 6. The molecule has 0 radical (unpaired) electrons. The number of nitrogens with one attached hydrogen (secondary N) is 2. The maximum atomic E-state index is 13.1. The standard InChI is InChI=1S/C23H25N3O3S2/c1-16-10-11-20(26-13-6-7-14-26)17(2)21(16)24-23(27)22-19(12-15-30-22)25-31(28,29)18-8-4-3-5-9-18/h3-5,8-12,15,25H,6-7,13-14H2,1-2H3,(H,24,27). The van der Waals surface area contributed by atoms with Crippen molar-refractivity contribution in [1.29, 1.82) is 0 Å². The number of benzene rings is 2. The van der Waals surface area contributed by atoms with Crippen molar-refractivity contribution in [3.05, 3.63) is 69.9 Å². The van der Waals surface area contributed by atoms with Crippen LogP contribution in [0.25, 0.3) is 0 Å². The number of carbonyl (C=O) groups is 1. The molecule has 162 valence electrons. The molecule has 6 nitrogen and oxygen atoms in total. The highest BCUT2D eigenvalue weighted by Crippen LogP contribution is 2.33. The largest absolute Gasteiger partial charge is 0.371 e. The first-order valence-corrected chi connectivity index (χ1v) is 12.5. The first-order chi connectivity index (χ1) is 14.9. The highest BCUT2D eigenvalue weighted by atomic mass is 32.2. The molecule has 0 aliphatic carbocycles. The first-order valence-electron chi connectivity index (χ1n) is 10.2. The molecule has 4 rings (SSSR count). The van der Waals surface area contributed by atoms with E-state index in [-0.39, 0.29) is 16.5 Å². The van der Waals surface area contributed by atoms with Crippen molar-refractivity contribution in [3.8, 4) is 0 Å². The lowest BCUT2D eigenvalue weighted by molar-refractivity contribution is 0.103. The monoisotopic (exact) mass is 455 g/mol. The Kier molecular flexibility index (Phi) is 6.02. The molecule has 0 bridgehead atoms. The van der Waals surface area contributed by atoms with Crippen molar-refractivity contribution >= 4 is 44.3 Å². The van der Waals surface area contributed by atoms with Crippen molar-refractivity contribution in [3.63, 3.8) is 0 Å². The van der Waals surface area contributed by atoms with Crippen LogP contribution in [0.1, 0.15) is 33.6 Å². The summed E-state index contributed by atoms with van der Waals surface area (Å²) in [4.78, 5) is 15.9. The molecule has 8 heteroatoms. The zero-order valence-corrected chi connectivity index (χ0v) is 19.1. The topological polar surface area (TPSA) is 78.5 Å². The second-order valence-electron chi connectivity index (χ2n) is 7.63. The van der Waals surface area contributed by atoms with E-state index in [2.05, 4.69) is 21.0 Å². The van der Waals surface area contributed by atoms with Crippen LogP contribution in [-0.2, 0) is 10.0 Å². The Hall–Kier alpha value is -2.84. The third-order valence-corrected chi connectivity index (χ3v) is 7.79. The van der Waals surface area contributed by atoms with Gasteiger partial charge in [-0.3, -0.25) is 9.52 Å². The maximum absolute atomic E-state index is 13.1. The van der Waals surface area contributed by atoms with Crippen LogP contribution in [0.3, 0.4) is 0 Å². The number of sulfonamides is 1. The van der Waals surface area contributed by atoms with Crippen molar-refractivity contribution < 1.29 is 13.2 Å². The van der Waals surface area contributed by atoms with Gasteiger partial charge in [-0.05, 0) is 67.5 Å². The van der Waals surface area contributed by atoms with E-state index >= 15 is 0 Å². The second kappa shape index (κ2) is 8.72. The molecule has 2 N–H and O–H groups in total. The zero-order valence-electron chi connectivity index (χ0n) is 17.5. The van der Waals surface area contributed by atoms with Crippen LogP contribution < -0.4 is 14.9 Å². The fraction of sp³-hybridized carbons (Fsp3) is 0.261. The van der Waals surface area contributed by atoms with E-state index in [1.54, 1.807) is 29.6 Å². The van der Waals surface area contributed by atoms with Gasteiger partial charge >= 0.3 is 0 Å². The SMILES string of the molecule is Cc1ccc(N2CCCC2)c(C)c1NC(=O)c1sccc1NS(=O)(=O)c1ccccc1. The number of amides is 1. The fourth-order valence-electron chi connectivity index (χ4n) is 3.87. The van der Waals surface area contributed by atoms with E-state index in [0.29, 0.717) is 4.88 Å². The van der Waals surface area contributed by atoms with Gasteiger partial charge in [0.05, 0.1) is 10.6 Å². The summed E-state index contributed by atoms with van der Waals surface area (Å²) in [5.74, 6) is -0.328. The normalized spacial score (nSPS) is 13.9. The summed E-state index contributed by atoms with van der Waals surface area (Å²) in [6.07, 6.45) is 2.35. The summed E-state index contributed by atoms with van der Waals surface area (Å²) in [6.45, 7) is 6.02. The Balaban J connectivity index is 1.59. The van der Waals surface area contributed by atoms with Crippen LogP contribution >= 0.6 is 11.3 Å². The molecule has 0 atom stereocenters. The molecular weight excluding hydrogens is 430 g/mol. The molecule has 1 amide bonds. The Labute approximate surface area is 187 Å². The second-order valence-corrected chi connectivity index (χ2v) is 10.2. The third kappa shape index (κ3) is 4.45. The molecular formula is C23H25N3O3S2. The number of hydrogen-bond donors (Lipinski definition) is 2. The van der Waals surface area contributed by atoms with Crippen molar-refractivity contribution in [2.45, 2.75) is 31.6 Å². The van der Waals surface area contributed by atoms with E-state index in [1.165, 1.54) is 36.3 Å². The van der Waals surface area contributed by atoms with Crippen molar-refractivity contribution in [1.82, 2.24) is 0 Å². The van der Waals surface area contributed by atoms with Crippen LogP contribution in [0.5, 0.6) is 0 Å². The highest BCUT2D eigenvalue weighted by Gasteiger charge is 2.22. The molecule has 0 spiro atoms. The number of aryl methyl sites for hydroxylation is 1. The summed E-state index contributed by atoms with van der Waals surface area (Å²) in [5.41, 5.74) is 4.18. The Morgan fingerprint density at radius 2 is 1.71 bits per heavy atom. The molecule has 2 aromatic carbocycles. The molecule has 3 aromatic rings. The lowest BCUT2D eigenvalue weighted by atomic mass is 10.1. The zero-order chi connectivity index (χ0) is 22.0. The van der Waals surface area contributed by atoms with Gasteiger partial charge in [0.1, 0.15) is 4.88 Å². The quantitative estimate of drug-likeness (QED) is 0.547. The van der Waals surface area contributed by atoms with Gasteiger partial charge in [0.2, 0.25) is 0 Å². The average molecular weight is 456 g/mol. The molecule has 0 saturated carbocycles. The fourth-order valence-corrected chi connectivity index (χ4v) is 5.77. The maximum Gasteiger partial charge on any atom is 0.267 e. The third-order valence-electron chi connectivity index (χ3n) is 5.50. The van der Waals surface area contributed by atoms with Crippen LogP contribution in [-0.4, -0.2) is 27.4 Å². The lowest BCUT2D eigenvalue weighted by Gasteiger charge is -2.23. The summed E-state index contributed by atoms with van der Waals surface area (Å²) in [7, 11) is -3.78. The first kappa shape index (κ1) is 21.4. The van der Waals surface area contributed by atoms with E-state index in [1.807, 2.05) is 19.9 Å². The number of anilines is 3. The molecule has 0 unspecified atom stereocenters. The van der Waals surface area contributed by atoms with Gasteiger partial charge in [-0.25, -0.2) is 8.42 Å². The van der Waals surface area contributed by atoms with Crippen molar-refractivity contribution in [2.75, 3.05) is 28.0 Å². The molecule has 1 aromatic heterocycles. The smallest absolute Gasteiger partial charge is 0.267 e. The summed E-state index contributed by atoms with van der Waals surface area (Å²) in [5, 5.41) is 4.73. The van der Waals surface area contributed by atoms with Gasteiger partial charge in [0.15, 0.2) is 0 Å². The van der Waals surface area contributed by atoms with Gasteiger partial charge in [0.25, 0.3) is 15.9 Å². The van der Waals surface area contributed by atoms with Gasteiger partial charge in [-0.1, -0.05) is 24.3 Å². The minimum Gasteiger partial charge on any atom is -0.371 e.